The third-order valence-corrected chi connectivity index (χ3v) is 6.28. The minimum absolute atomic E-state index is 0.0720. The van der Waals surface area contributed by atoms with Gasteiger partial charge in [-0.1, -0.05) is 24.4 Å². The molecule has 0 saturated heterocycles. The molecular formula is C41H34N4O6. The number of carboxylic acids is 1. The minimum atomic E-state index is -1.69. The summed E-state index contributed by atoms with van der Waals surface area (Å²) in [6, 6.07) is 2.17. The van der Waals surface area contributed by atoms with Crippen LogP contribution in [0.1, 0.15) is 59.3 Å². The highest BCUT2D eigenvalue weighted by Crippen LogP contribution is 2.36. The third kappa shape index (κ3) is 23.1. The van der Waals surface area contributed by atoms with Crippen LogP contribution in [0.3, 0.4) is 0 Å². The Morgan fingerprint density at radius 2 is 1.20 bits per heavy atom. The number of hydrogen-bond donors (Lipinski definition) is 3. The molecule has 0 aliphatic heterocycles. The van der Waals surface area contributed by atoms with E-state index in [2.05, 4.69) is 146 Å². The van der Waals surface area contributed by atoms with Crippen molar-refractivity contribution in [2.45, 2.75) is 59.3 Å². The summed E-state index contributed by atoms with van der Waals surface area (Å²) in [5.41, 5.74) is 9.91. The maximum atomic E-state index is 12.6. The molecular weight excluding hydrogens is 644 g/mol. The molecule has 2 radical (unpaired) electrons. The van der Waals surface area contributed by atoms with Crippen molar-refractivity contribution < 1.29 is 29.1 Å². The second-order valence-corrected chi connectivity index (χ2v) is 10.1. The smallest absolute Gasteiger partial charge is 0.338 e. The predicted molar refractivity (Wildman–Crippen MR) is 191 cm³/mol. The first-order chi connectivity index (χ1) is 24.7. The third-order valence-electron chi connectivity index (χ3n) is 6.28. The van der Waals surface area contributed by atoms with E-state index in [1.54, 1.807) is 13.5 Å². The first-order valence-corrected chi connectivity index (χ1v) is 15.1. The number of rotatable bonds is 15. The molecule has 0 spiro atoms. The summed E-state index contributed by atoms with van der Waals surface area (Å²) in [5.74, 6) is 47.9. The van der Waals surface area contributed by atoms with Crippen LogP contribution in [0.15, 0.2) is 10.4 Å². The molecule has 0 aliphatic rings. The van der Waals surface area contributed by atoms with E-state index >= 15 is 0 Å². The molecule has 0 saturated carbocycles. The normalized spacial score (nSPS) is 11.2. The minimum Gasteiger partial charge on any atom is -0.481 e. The highest BCUT2D eigenvalue weighted by Gasteiger charge is 2.41. The maximum Gasteiger partial charge on any atom is 0.338 e. The van der Waals surface area contributed by atoms with E-state index in [0.717, 1.165) is 12.8 Å². The molecule has 3 unspecified atom stereocenters. The lowest BCUT2D eigenvalue weighted by Crippen LogP contribution is -2.36. The quantitative estimate of drug-likeness (QED) is 0.103. The Morgan fingerprint density at radius 3 is 1.59 bits per heavy atom. The Hall–Kier alpha value is -6.91. The summed E-state index contributed by atoms with van der Waals surface area (Å²) < 4.78 is 4.92. The zero-order valence-electron chi connectivity index (χ0n) is 28.7. The van der Waals surface area contributed by atoms with Crippen LogP contribution in [-0.4, -0.2) is 30.1 Å². The molecule has 0 aromatic rings. The fraction of sp³-hybridized carbons (Fsp3) is 0.341. The average Bonchev–Trinajstić information content (AvgIpc) is 3.11. The molecule has 5 N–H and O–H groups in total. The van der Waals surface area contributed by atoms with E-state index in [0.29, 0.717) is 6.42 Å². The number of carbonyl (C=O) groups is 3. The molecule has 10 nitrogen and oxygen atoms in total. The number of nitrogens with two attached hydrogens (primary N) is 2. The molecule has 0 bridgehead atoms. The summed E-state index contributed by atoms with van der Waals surface area (Å²) in [6.07, 6.45) is 1.73. The standard InChI is InChI=1S/C41H34N4O6/c1-5-7-8-9-10-11-12-13-14-15-16-17-18-19-20-21-22-23-24-25-26-28-44-45-51-38(46)32-41(3,40(48)49)31-37(39(47)50-4)30-36(34-43)29-35(33-42)27-6-2/h33-37H,6,27,29-32,42-43H2,1-4H3,(H,48,49)/t35?,36?,37?,41-/m0/s1. The number of hydrogen-bond acceptors (Lipinski definition) is 9. The summed E-state index contributed by atoms with van der Waals surface area (Å²) >= 11 is 0. The molecule has 0 amide bonds. The van der Waals surface area contributed by atoms with Gasteiger partial charge in [0, 0.05) is 89.4 Å². The number of esters is 1. The zero-order chi connectivity index (χ0) is 38.0. The molecule has 10 heteroatoms. The summed E-state index contributed by atoms with van der Waals surface area (Å²) in [7, 11) is 1.21. The maximum absolute atomic E-state index is 12.6. The van der Waals surface area contributed by atoms with Gasteiger partial charge in [-0.15, -0.1) is 0 Å². The SMILES string of the molecule is CC#CC#CC#CC#CC#CC#CC#CC#CC#CC#CC#CN=NOC(=O)C[C@](C)(CC(CC([CH]N)CC([CH]N)CCC)C(=O)OC)C(=O)O. The van der Waals surface area contributed by atoms with E-state index in [1.807, 2.05) is 6.92 Å². The number of ether oxygens (including phenoxy) is 1. The Bertz CT molecular complexity index is 1990. The Kier molecular flexibility index (Phi) is 25.3. The van der Waals surface area contributed by atoms with Crippen LogP contribution in [0.4, 0.5) is 0 Å². The monoisotopic (exact) mass is 678 g/mol. The number of carboxylic acid groups (broad SMARTS) is 1. The van der Waals surface area contributed by atoms with Crippen LogP contribution < -0.4 is 11.5 Å². The van der Waals surface area contributed by atoms with E-state index in [1.165, 1.54) is 20.6 Å². The Balaban J connectivity index is 5.08. The molecule has 0 heterocycles. The Labute approximate surface area is 301 Å². The van der Waals surface area contributed by atoms with Crippen molar-refractivity contribution in [1.82, 2.24) is 0 Å². The van der Waals surface area contributed by atoms with Gasteiger partial charge in [0.2, 0.25) is 0 Å². The second-order valence-electron chi connectivity index (χ2n) is 10.1. The van der Waals surface area contributed by atoms with Crippen molar-refractivity contribution in [2.24, 2.45) is 45.0 Å². The van der Waals surface area contributed by atoms with Gasteiger partial charge >= 0.3 is 17.9 Å². The largest absolute Gasteiger partial charge is 0.481 e. The lowest BCUT2D eigenvalue weighted by atomic mass is 9.74. The predicted octanol–water partition coefficient (Wildman–Crippen LogP) is 2.63. The van der Waals surface area contributed by atoms with Gasteiger partial charge in [-0.3, -0.25) is 14.4 Å². The van der Waals surface area contributed by atoms with Crippen molar-refractivity contribution >= 4 is 17.9 Å². The highest BCUT2D eigenvalue weighted by atomic mass is 16.7. The number of nitrogens with zero attached hydrogens (tertiary/aromatic N) is 2. The average molecular weight is 679 g/mol. The molecule has 0 aliphatic carbocycles. The molecule has 254 valence electrons. The van der Waals surface area contributed by atoms with Gasteiger partial charge in [-0.05, 0) is 98.7 Å². The zero-order valence-corrected chi connectivity index (χ0v) is 28.7. The fourth-order valence-corrected chi connectivity index (χ4v) is 3.99. The van der Waals surface area contributed by atoms with Crippen LogP contribution in [0.25, 0.3) is 0 Å². The van der Waals surface area contributed by atoms with E-state index in [4.69, 9.17) is 16.2 Å². The van der Waals surface area contributed by atoms with Crippen molar-refractivity contribution in [3.05, 3.63) is 13.1 Å². The number of methoxy groups -OCH3 is 1. The van der Waals surface area contributed by atoms with Crippen LogP contribution >= 0.6 is 0 Å². The van der Waals surface area contributed by atoms with Gasteiger partial charge in [-0.2, -0.15) is 0 Å². The molecule has 51 heavy (non-hydrogen) atoms. The van der Waals surface area contributed by atoms with Crippen molar-refractivity contribution in [3.8, 4) is 130 Å². The molecule has 0 aromatic heterocycles. The van der Waals surface area contributed by atoms with Crippen LogP contribution in [0.5, 0.6) is 0 Å². The lowest BCUT2D eigenvalue weighted by molar-refractivity contribution is -0.161. The van der Waals surface area contributed by atoms with Crippen LogP contribution in [0, 0.1) is 167 Å². The molecule has 0 fully saturated rings. The van der Waals surface area contributed by atoms with Gasteiger partial charge < -0.3 is 21.3 Å². The van der Waals surface area contributed by atoms with Crippen LogP contribution in [-0.2, 0) is 24.0 Å². The molecule has 0 rings (SSSR count). The van der Waals surface area contributed by atoms with Crippen molar-refractivity contribution in [1.29, 1.82) is 0 Å². The topological polar surface area (TPSA) is 167 Å². The van der Waals surface area contributed by atoms with Crippen molar-refractivity contribution in [2.75, 3.05) is 7.11 Å². The summed E-state index contributed by atoms with van der Waals surface area (Å²) in [6.45, 7) is 8.09. The molecule has 0 aromatic carbocycles. The molecule has 4 atom stereocenters. The highest BCUT2D eigenvalue weighted by molar-refractivity contribution is 5.83. The fourth-order valence-electron chi connectivity index (χ4n) is 3.99. The van der Waals surface area contributed by atoms with Crippen molar-refractivity contribution in [3.63, 3.8) is 0 Å². The van der Waals surface area contributed by atoms with Crippen LogP contribution in [0.2, 0.25) is 0 Å². The number of aliphatic carboxylic acids is 1. The second kappa shape index (κ2) is 29.2. The summed E-state index contributed by atoms with van der Waals surface area (Å²) in [4.78, 5) is 41.9. The van der Waals surface area contributed by atoms with Gasteiger partial charge in [0.15, 0.2) is 0 Å². The van der Waals surface area contributed by atoms with E-state index in [-0.39, 0.29) is 24.7 Å². The first-order valence-electron chi connectivity index (χ1n) is 15.1. The van der Waals surface area contributed by atoms with Gasteiger partial charge in [0.05, 0.1) is 30.9 Å². The van der Waals surface area contributed by atoms with E-state index in [9.17, 15) is 19.5 Å². The Morgan fingerprint density at radius 1 is 0.745 bits per heavy atom. The van der Waals surface area contributed by atoms with Gasteiger partial charge in [-0.25, -0.2) is 4.79 Å². The lowest BCUT2D eigenvalue weighted by Gasteiger charge is -2.30. The van der Waals surface area contributed by atoms with Gasteiger partial charge in [0.1, 0.15) is 0 Å². The van der Waals surface area contributed by atoms with E-state index < -0.39 is 35.7 Å². The summed E-state index contributed by atoms with van der Waals surface area (Å²) in [5, 5.41) is 16.5. The number of carbonyl (C=O) groups excluding carboxylic acids is 2. The van der Waals surface area contributed by atoms with Gasteiger partial charge in [0.25, 0.3) is 0 Å². The first kappa shape index (κ1) is 44.1.